The molecule has 0 bridgehead atoms. The lowest BCUT2D eigenvalue weighted by molar-refractivity contribution is -0.158. The summed E-state index contributed by atoms with van der Waals surface area (Å²) in [7, 11) is 3.03. The maximum atomic E-state index is 12.9. The van der Waals surface area contributed by atoms with E-state index >= 15 is 0 Å². The highest BCUT2D eigenvalue weighted by Crippen LogP contribution is 2.40. The normalized spacial score (nSPS) is 16.0. The standard InChI is InChI=1S/C24H30ClNO5/c1-4-31-23(28)24(15-17-5-7-19(25)8-6-17)9-11-26(12-10-24)16-18-13-20(29-2)22(27)21(14-18)30-3/h5-8,13-14,27H,4,9-12,15-16H2,1-3H3. The Kier molecular flexibility index (Phi) is 7.68. The molecule has 0 aliphatic carbocycles. The Labute approximate surface area is 188 Å². The molecule has 1 fully saturated rings. The van der Waals surface area contributed by atoms with Gasteiger partial charge in [0.1, 0.15) is 0 Å². The second kappa shape index (κ2) is 10.2. The first-order valence-electron chi connectivity index (χ1n) is 10.5. The van der Waals surface area contributed by atoms with Crippen LogP contribution < -0.4 is 9.47 Å². The van der Waals surface area contributed by atoms with Gasteiger partial charge in [-0.05, 0) is 74.7 Å². The van der Waals surface area contributed by atoms with E-state index in [1.54, 1.807) is 0 Å². The summed E-state index contributed by atoms with van der Waals surface area (Å²) < 4.78 is 16.0. The average molecular weight is 448 g/mol. The van der Waals surface area contributed by atoms with E-state index in [0.717, 1.165) is 24.2 Å². The fourth-order valence-corrected chi connectivity index (χ4v) is 4.29. The summed E-state index contributed by atoms with van der Waals surface area (Å²) in [6, 6.07) is 11.3. The van der Waals surface area contributed by atoms with Gasteiger partial charge in [-0.15, -0.1) is 0 Å². The first kappa shape index (κ1) is 23.2. The van der Waals surface area contributed by atoms with Gasteiger partial charge in [0, 0.05) is 11.6 Å². The van der Waals surface area contributed by atoms with Crippen molar-refractivity contribution >= 4 is 17.6 Å². The number of ether oxygens (including phenoxy) is 3. The summed E-state index contributed by atoms with van der Waals surface area (Å²) in [4.78, 5) is 15.2. The lowest BCUT2D eigenvalue weighted by Gasteiger charge is -2.40. The Morgan fingerprint density at radius 3 is 2.16 bits per heavy atom. The van der Waals surface area contributed by atoms with E-state index in [1.165, 1.54) is 14.2 Å². The summed E-state index contributed by atoms with van der Waals surface area (Å²) in [5, 5.41) is 10.8. The number of hydrogen-bond acceptors (Lipinski definition) is 6. The van der Waals surface area contributed by atoms with Gasteiger partial charge >= 0.3 is 5.97 Å². The van der Waals surface area contributed by atoms with Gasteiger partial charge in [-0.3, -0.25) is 9.69 Å². The number of carbonyl (C=O) groups excluding carboxylic acids is 1. The molecule has 1 aliphatic heterocycles. The van der Waals surface area contributed by atoms with Gasteiger partial charge in [0.2, 0.25) is 5.75 Å². The van der Waals surface area contributed by atoms with Crippen LogP contribution in [-0.2, 0) is 22.5 Å². The van der Waals surface area contributed by atoms with E-state index in [-0.39, 0.29) is 11.7 Å². The minimum atomic E-state index is -0.537. The third-order valence-electron chi connectivity index (χ3n) is 5.92. The predicted octanol–water partition coefficient (Wildman–Crippen LogP) is 4.45. The highest BCUT2D eigenvalue weighted by molar-refractivity contribution is 6.30. The van der Waals surface area contributed by atoms with Crippen molar-refractivity contribution in [3.05, 3.63) is 52.5 Å². The van der Waals surface area contributed by atoms with Gasteiger partial charge in [-0.25, -0.2) is 0 Å². The van der Waals surface area contributed by atoms with Crippen LogP contribution in [0.4, 0.5) is 0 Å². The number of rotatable bonds is 8. The zero-order valence-electron chi connectivity index (χ0n) is 18.3. The number of methoxy groups -OCH3 is 2. The molecule has 0 saturated carbocycles. The second-order valence-electron chi connectivity index (χ2n) is 7.93. The summed E-state index contributed by atoms with van der Waals surface area (Å²) in [5.41, 5.74) is 1.52. The van der Waals surface area contributed by atoms with Crippen molar-refractivity contribution < 1.29 is 24.1 Å². The Morgan fingerprint density at radius 1 is 1.06 bits per heavy atom. The number of benzene rings is 2. The highest BCUT2D eigenvalue weighted by atomic mass is 35.5. The number of halogens is 1. The fraction of sp³-hybridized carbons (Fsp3) is 0.458. The number of phenols is 1. The largest absolute Gasteiger partial charge is 0.502 e. The van der Waals surface area contributed by atoms with Crippen LogP contribution in [0.3, 0.4) is 0 Å². The van der Waals surface area contributed by atoms with Crippen molar-refractivity contribution in [2.45, 2.75) is 32.7 Å². The van der Waals surface area contributed by atoms with Crippen LogP contribution in [0.25, 0.3) is 0 Å². The van der Waals surface area contributed by atoms with Crippen molar-refractivity contribution in [2.24, 2.45) is 5.41 Å². The summed E-state index contributed by atoms with van der Waals surface area (Å²) >= 11 is 6.02. The molecule has 3 rings (SSSR count). The number of esters is 1. The lowest BCUT2D eigenvalue weighted by Crippen LogP contribution is -2.46. The SMILES string of the molecule is CCOC(=O)C1(Cc2ccc(Cl)cc2)CCN(Cc2cc(OC)c(O)c(OC)c2)CC1. The summed E-state index contributed by atoms with van der Waals surface area (Å²) in [6.45, 7) is 4.41. The van der Waals surface area contributed by atoms with Crippen molar-refractivity contribution in [3.63, 3.8) is 0 Å². The summed E-state index contributed by atoms with van der Waals surface area (Å²) in [6.07, 6.45) is 2.05. The van der Waals surface area contributed by atoms with E-state index in [2.05, 4.69) is 4.90 Å². The lowest BCUT2D eigenvalue weighted by atomic mass is 9.73. The van der Waals surface area contributed by atoms with Crippen LogP contribution in [0.1, 0.15) is 30.9 Å². The number of phenolic OH excluding ortho intramolecular Hbond substituents is 1. The smallest absolute Gasteiger partial charge is 0.312 e. The zero-order valence-corrected chi connectivity index (χ0v) is 19.1. The van der Waals surface area contributed by atoms with Gasteiger partial charge in [-0.1, -0.05) is 23.7 Å². The van der Waals surface area contributed by atoms with Crippen molar-refractivity contribution in [1.82, 2.24) is 4.90 Å². The van der Waals surface area contributed by atoms with Crippen LogP contribution in [0.15, 0.2) is 36.4 Å². The molecule has 0 radical (unpaired) electrons. The molecule has 31 heavy (non-hydrogen) atoms. The van der Waals surface area contributed by atoms with E-state index in [9.17, 15) is 9.90 Å². The molecule has 6 nitrogen and oxygen atoms in total. The van der Waals surface area contributed by atoms with Crippen molar-refractivity contribution in [2.75, 3.05) is 33.9 Å². The average Bonchev–Trinajstić information content (AvgIpc) is 2.78. The second-order valence-corrected chi connectivity index (χ2v) is 8.37. The Hall–Kier alpha value is -2.44. The minimum Gasteiger partial charge on any atom is -0.502 e. The molecule has 168 valence electrons. The van der Waals surface area contributed by atoms with E-state index in [1.807, 2.05) is 43.3 Å². The first-order valence-corrected chi connectivity index (χ1v) is 10.9. The molecule has 2 aromatic rings. The minimum absolute atomic E-state index is 0.00307. The topological polar surface area (TPSA) is 68.2 Å². The van der Waals surface area contributed by atoms with Crippen LogP contribution in [-0.4, -0.2) is 49.9 Å². The molecule has 0 atom stereocenters. The third kappa shape index (κ3) is 5.43. The van der Waals surface area contributed by atoms with Crippen LogP contribution in [0, 0.1) is 5.41 Å². The van der Waals surface area contributed by atoms with Crippen LogP contribution in [0.2, 0.25) is 5.02 Å². The van der Waals surface area contributed by atoms with E-state index in [4.69, 9.17) is 25.8 Å². The molecule has 0 unspecified atom stereocenters. The van der Waals surface area contributed by atoms with Crippen molar-refractivity contribution in [1.29, 1.82) is 0 Å². The van der Waals surface area contributed by atoms with E-state index < -0.39 is 5.41 Å². The molecule has 7 heteroatoms. The maximum absolute atomic E-state index is 12.9. The molecule has 0 amide bonds. The molecule has 2 aromatic carbocycles. The zero-order chi connectivity index (χ0) is 22.4. The van der Waals surface area contributed by atoms with Gasteiger partial charge in [0.15, 0.2) is 11.5 Å². The first-order chi connectivity index (χ1) is 14.9. The third-order valence-corrected chi connectivity index (χ3v) is 6.18. The molecular formula is C24H30ClNO5. The van der Waals surface area contributed by atoms with Gasteiger partial charge < -0.3 is 19.3 Å². The molecule has 1 saturated heterocycles. The van der Waals surface area contributed by atoms with Crippen LogP contribution >= 0.6 is 11.6 Å². The quantitative estimate of drug-likeness (QED) is 0.603. The number of carbonyl (C=O) groups is 1. The number of aromatic hydroxyl groups is 1. The fourth-order valence-electron chi connectivity index (χ4n) is 4.17. The van der Waals surface area contributed by atoms with Gasteiger partial charge in [0.05, 0.1) is 26.2 Å². The number of piperidine rings is 1. The molecule has 0 aromatic heterocycles. The van der Waals surface area contributed by atoms with Gasteiger partial charge in [0.25, 0.3) is 0 Å². The molecule has 1 heterocycles. The number of nitrogens with zero attached hydrogens (tertiary/aromatic N) is 1. The van der Waals surface area contributed by atoms with Crippen molar-refractivity contribution in [3.8, 4) is 17.2 Å². The maximum Gasteiger partial charge on any atom is 0.312 e. The molecule has 1 N–H and O–H groups in total. The summed E-state index contributed by atoms with van der Waals surface area (Å²) in [5.74, 6) is 0.638. The predicted molar refractivity (Wildman–Crippen MR) is 120 cm³/mol. The Balaban J connectivity index is 1.73. The Morgan fingerprint density at radius 2 is 1.65 bits per heavy atom. The van der Waals surface area contributed by atoms with Gasteiger partial charge in [-0.2, -0.15) is 0 Å². The molecule has 1 aliphatic rings. The molecular weight excluding hydrogens is 418 g/mol. The number of likely N-dealkylation sites (tertiary alicyclic amines) is 1. The number of hydrogen-bond donors (Lipinski definition) is 1. The monoisotopic (exact) mass is 447 g/mol. The van der Waals surface area contributed by atoms with E-state index in [0.29, 0.717) is 48.9 Å². The van der Waals surface area contributed by atoms with Crippen LogP contribution in [0.5, 0.6) is 17.2 Å². The highest BCUT2D eigenvalue weighted by Gasteiger charge is 2.42. The molecule has 0 spiro atoms. The Bertz CT molecular complexity index is 866.